The average Bonchev–Trinajstić information content (AvgIpc) is 2.53. The standard InChI is InChI=1S/C14H17NO2/c1-7(2)9-5-6-10-12(11(9)8(3)4)13(16)14(17)15-10/h5-8H,1-4H3,(H,15,16,17). The van der Waals surface area contributed by atoms with Crippen molar-refractivity contribution in [1.82, 2.24) is 0 Å². The van der Waals surface area contributed by atoms with Gasteiger partial charge in [0, 0.05) is 0 Å². The van der Waals surface area contributed by atoms with E-state index in [0.29, 0.717) is 17.2 Å². The Kier molecular flexibility index (Phi) is 2.77. The second kappa shape index (κ2) is 3.99. The molecule has 1 amide bonds. The van der Waals surface area contributed by atoms with Crippen LogP contribution in [0.5, 0.6) is 0 Å². The first-order valence-corrected chi connectivity index (χ1v) is 5.96. The third kappa shape index (κ3) is 1.75. The SMILES string of the molecule is CC(C)c1ccc2c(c1C(C)C)C(=O)C(=O)N2. The highest BCUT2D eigenvalue weighted by atomic mass is 16.2. The number of hydrogen-bond donors (Lipinski definition) is 1. The molecular weight excluding hydrogens is 214 g/mol. The fourth-order valence-electron chi connectivity index (χ4n) is 2.40. The quantitative estimate of drug-likeness (QED) is 0.795. The molecule has 0 fully saturated rings. The monoisotopic (exact) mass is 231 g/mol. The molecule has 1 aromatic rings. The van der Waals surface area contributed by atoms with E-state index >= 15 is 0 Å². The molecule has 2 rings (SSSR count). The number of anilines is 1. The second-order valence-electron chi connectivity index (χ2n) is 5.08. The van der Waals surface area contributed by atoms with E-state index in [9.17, 15) is 9.59 Å². The molecule has 3 heteroatoms. The van der Waals surface area contributed by atoms with Gasteiger partial charge < -0.3 is 5.32 Å². The van der Waals surface area contributed by atoms with Gasteiger partial charge in [0.15, 0.2) is 0 Å². The lowest BCUT2D eigenvalue weighted by Crippen LogP contribution is -2.14. The van der Waals surface area contributed by atoms with Gasteiger partial charge in [-0.15, -0.1) is 0 Å². The zero-order valence-electron chi connectivity index (χ0n) is 10.6. The van der Waals surface area contributed by atoms with Crippen LogP contribution in [-0.2, 0) is 4.79 Å². The highest BCUT2D eigenvalue weighted by molar-refractivity contribution is 6.52. The van der Waals surface area contributed by atoms with Crippen LogP contribution in [0.4, 0.5) is 5.69 Å². The lowest BCUT2D eigenvalue weighted by Gasteiger charge is -2.18. The normalized spacial score (nSPS) is 14.5. The Balaban J connectivity index is 2.72. The Hall–Kier alpha value is -1.64. The van der Waals surface area contributed by atoms with Gasteiger partial charge >= 0.3 is 0 Å². The number of carbonyl (C=O) groups excluding carboxylic acids is 2. The third-order valence-corrected chi connectivity index (χ3v) is 3.16. The fraction of sp³-hybridized carbons (Fsp3) is 0.429. The molecule has 0 atom stereocenters. The fourth-order valence-corrected chi connectivity index (χ4v) is 2.40. The summed E-state index contributed by atoms with van der Waals surface area (Å²) in [6.07, 6.45) is 0. The number of rotatable bonds is 2. The minimum atomic E-state index is -0.511. The average molecular weight is 231 g/mol. The Labute approximate surface area is 101 Å². The maximum Gasteiger partial charge on any atom is 0.296 e. The van der Waals surface area contributed by atoms with Crippen molar-refractivity contribution in [2.45, 2.75) is 39.5 Å². The van der Waals surface area contributed by atoms with Crippen LogP contribution >= 0.6 is 0 Å². The van der Waals surface area contributed by atoms with Gasteiger partial charge in [-0.2, -0.15) is 0 Å². The molecule has 1 heterocycles. The molecule has 0 aromatic heterocycles. The Morgan fingerprint density at radius 3 is 2.18 bits per heavy atom. The van der Waals surface area contributed by atoms with Crippen molar-refractivity contribution in [1.29, 1.82) is 0 Å². The summed E-state index contributed by atoms with van der Waals surface area (Å²) in [6, 6.07) is 3.84. The predicted molar refractivity (Wildman–Crippen MR) is 67.6 cm³/mol. The molecule has 1 aliphatic heterocycles. The van der Waals surface area contributed by atoms with Crippen LogP contribution in [-0.4, -0.2) is 11.7 Å². The number of hydrogen-bond acceptors (Lipinski definition) is 2. The minimum Gasteiger partial charge on any atom is -0.318 e. The lowest BCUT2D eigenvalue weighted by molar-refractivity contribution is -0.112. The molecule has 0 saturated heterocycles. The number of amides is 1. The zero-order valence-corrected chi connectivity index (χ0v) is 10.6. The van der Waals surface area contributed by atoms with Crippen molar-refractivity contribution in [2.75, 3.05) is 5.32 Å². The van der Waals surface area contributed by atoms with Crippen LogP contribution in [0.15, 0.2) is 12.1 Å². The molecule has 1 N–H and O–H groups in total. The van der Waals surface area contributed by atoms with Crippen molar-refractivity contribution in [2.24, 2.45) is 0 Å². The first-order valence-electron chi connectivity index (χ1n) is 5.96. The first-order chi connectivity index (χ1) is 7.93. The van der Waals surface area contributed by atoms with Crippen LogP contribution in [0.1, 0.15) is 61.0 Å². The van der Waals surface area contributed by atoms with E-state index in [1.54, 1.807) is 0 Å². The number of nitrogens with one attached hydrogen (secondary N) is 1. The van der Waals surface area contributed by atoms with E-state index in [1.807, 2.05) is 12.1 Å². The number of fused-ring (bicyclic) bond motifs is 1. The highest BCUT2D eigenvalue weighted by Crippen LogP contribution is 2.36. The van der Waals surface area contributed by atoms with E-state index in [-0.39, 0.29) is 5.92 Å². The summed E-state index contributed by atoms with van der Waals surface area (Å²) in [5, 5.41) is 2.62. The summed E-state index contributed by atoms with van der Waals surface area (Å²) in [6.45, 7) is 8.31. The smallest absolute Gasteiger partial charge is 0.296 e. The van der Waals surface area contributed by atoms with Gasteiger partial charge in [0.05, 0.1) is 11.3 Å². The predicted octanol–water partition coefficient (Wildman–Crippen LogP) is 3.07. The number of ketones is 1. The van der Waals surface area contributed by atoms with Crippen molar-refractivity contribution in [3.05, 3.63) is 28.8 Å². The van der Waals surface area contributed by atoms with Gasteiger partial charge in [0.1, 0.15) is 0 Å². The molecule has 0 saturated carbocycles. The first kappa shape index (κ1) is 11.8. The van der Waals surface area contributed by atoms with Gasteiger partial charge in [-0.25, -0.2) is 0 Å². The van der Waals surface area contributed by atoms with Gasteiger partial charge in [-0.3, -0.25) is 9.59 Å². The summed E-state index contributed by atoms with van der Waals surface area (Å²) in [7, 11) is 0. The summed E-state index contributed by atoms with van der Waals surface area (Å²) >= 11 is 0. The highest BCUT2D eigenvalue weighted by Gasteiger charge is 2.32. The number of benzene rings is 1. The minimum absolute atomic E-state index is 0.235. The maximum atomic E-state index is 11.9. The van der Waals surface area contributed by atoms with E-state index in [4.69, 9.17) is 0 Å². The van der Waals surface area contributed by atoms with Crippen LogP contribution < -0.4 is 5.32 Å². The van der Waals surface area contributed by atoms with Crippen molar-refractivity contribution < 1.29 is 9.59 Å². The topological polar surface area (TPSA) is 46.2 Å². The summed E-state index contributed by atoms with van der Waals surface area (Å²) in [4.78, 5) is 23.3. The molecule has 90 valence electrons. The van der Waals surface area contributed by atoms with Gasteiger partial charge in [0.2, 0.25) is 0 Å². The van der Waals surface area contributed by atoms with Crippen LogP contribution in [0, 0.1) is 0 Å². The van der Waals surface area contributed by atoms with Crippen LogP contribution in [0.25, 0.3) is 0 Å². The van der Waals surface area contributed by atoms with Crippen LogP contribution in [0.3, 0.4) is 0 Å². The number of Topliss-reactive ketones (excluding diaryl/α,β-unsaturated/α-hetero) is 1. The second-order valence-corrected chi connectivity index (χ2v) is 5.08. The largest absolute Gasteiger partial charge is 0.318 e. The van der Waals surface area contributed by atoms with Crippen LogP contribution in [0.2, 0.25) is 0 Å². The molecule has 1 aliphatic rings. The van der Waals surface area contributed by atoms with Gasteiger partial charge in [-0.1, -0.05) is 33.8 Å². The summed E-state index contributed by atoms with van der Waals surface area (Å²) in [5.41, 5.74) is 3.41. The molecule has 0 spiro atoms. The molecular formula is C14H17NO2. The zero-order chi connectivity index (χ0) is 12.7. The Morgan fingerprint density at radius 2 is 1.65 bits per heavy atom. The van der Waals surface area contributed by atoms with Crippen molar-refractivity contribution in [3.63, 3.8) is 0 Å². The molecule has 17 heavy (non-hydrogen) atoms. The Morgan fingerprint density at radius 1 is 1.00 bits per heavy atom. The Bertz CT molecular complexity index is 501. The molecule has 0 aliphatic carbocycles. The molecule has 0 bridgehead atoms. The lowest BCUT2D eigenvalue weighted by atomic mass is 9.85. The summed E-state index contributed by atoms with van der Waals surface area (Å²) in [5.74, 6) is -0.325. The van der Waals surface area contributed by atoms with Gasteiger partial charge in [-0.05, 0) is 29.0 Å². The van der Waals surface area contributed by atoms with Crippen molar-refractivity contribution >= 4 is 17.4 Å². The van der Waals surface area contributed by atoms with Gasteiger partial charge in [0.25, 0.3) is 11.7 Å². The van der Waals surface area contributed by atoms with E-state index in [2.05, 4.69) is 33.0 Å². The van der Waals surface area contributed by atoms with Crippen molar-refractivity contribution in [3.8, 4) is 0 Å². The molecule has 1 aromatic carbocycles. The third-order valence-electron chi connectivity index (χ3n) is 3.16. The molecule has 0 radical (unpaired) electrons. The number of carbonyl (C=O) groups is 2. The van der Waals surface area contributed by atoms with E-state index in [0.717, 1.165) is 11.1 Å². The molecule has 3 nitrogen and oxygen atoms in total. The van der Waals surface area contributed by atoms with E-state index < -0.39 is 11.7 Å². The maximum absolute atomic E-state index is 11.9. The summed E-state index contributed by atoms with van der Waals surface area (Å²) < 4.78 is 0. The molecule has 0 unspecified atom stereocenters. The van der Waals surface area contributed by atoms with E-state index in [1.165, 1.54) is 0 Å².